The third-order valence-electron chi connectivity index (χ3n) is 3.80. The maximum Gasteiger partial charge on any atom is 0.303 e. The van der Waals surface area contributed by atoms with Gasteiger partial charge in [-0.1, -0.05) is 74.8 Å². The Hall–Kier alpha value is -1.61. The summed E-state index contributed by atoms with van der Waals surface area (Å²) in [5.74, 6) is -0.708. The fourth-order valence-electron chi connectivity index (χ4n) is 2.30. The zero-order valence-electron chi connectivity index (χ0n) is 15.8. The van der Waals surface area contributed by atoms with Crippen molar-refractivity contribution in [1.29, 1.82) is 0 Å². The first-order valence-corrected chi connectivity index (χ1v) is 9.70. The molecular formula is C22H36O3. The van der Waals surface area contributed by atoms with Crippen LogP contribution in [0.1, 0.15) is 77.6 Å². The molecule has 0 heterocycles. The monoisotopic (exact) mass is 348 g/mol. The van der Waals surface area contributed by atoms with Crippen molar-refractivity contribution in [2.75, 3.05) is 0 Å². The van der Waals surface area contributed by atoms with Gasteiger partial charge in [-0.3, -0.25) is 4.79 Å². The molecule has 0 saturated carbocycles. The van der Waals surface area contributed by atoms with Crippen LogP contribution in [-0.2, 0) is 4.79 Å². The van der Waals surface area contributed by atoms with E-state index >= 15 is 0 Å². The Labute approximate surface area is 153 Å². The summed E-state index contributed by atoms with van der Waals surface area (Å²) in [7, 11) is 0. The zero-order chi connectivity index (χ0) is 18.6. The van der Waals surface area contributed by atoms with E-state index < -0.39 is 12.1 Å². The van der Waals surface area contributed by atoms with Gasteiger partial charge in [-0.05, 0) is 44.9 Å². The fraction of sp³-hybridized carbons (Fsp3) is 0.591. The molecule has 142 valence electrons. The average molecular weight is 349 g/mol. The second-order valence-corrected chi connectivity index (χ2v) is 6.28. The fourth-order valence-corrected chi connectivity index (χ4v) is 2.30. The van der Waals surface area contributed by atoms with Crippen LogP contribution >= 0.6 is 0 Å². The molecule has 1 atom stereocenters. The van der Waals surface area contributed by atoms with E-state index in [1.807, 2.05) is 24.3 Å². The van der Waals surface area contributed by atoms with Gasteiger partial charge >= 0.3 is 5.97 Å². The van der Waals surface area contributed by atoms with Crippen molar-refractivity contribution in [3.63, 3.8) is 0 Å². The number of carboxylic acid groups (broad SMARTS) is 1. The average Bonchev–Trinajstić information content (AvgIpc) is 2.58. The smallest absolute Gasteiger partial charge is 0.303 e. The van der Waals surface area contributed by atoms with E-state index in [0.29, 0.717) is 6.42 Å². The molecule has 0 radical (unpaired) electrons. The molecule has 0 fully saturated rings. The molecule has 0 aromatic rings. The molecule has 0 aliphatic heterocycles. The standard InChI is InChI=1S/C22H36O3/c1-2-3-4-5-9-12-15-18-21(23)19-16-13-10-7-6-8-11-14-17-20-22(24)25/h6-7,9,12-13,15-16,18,21,23H,2-5,8,10-11,14,17,19-20H2,1H3,(H,24,25)/b7-6-,12-9-,16-13-,18-15+/t21-/m0/s1. The molecule has 0 saturated heterocycles. The largest absolute Gasteiger partial charge is 0.481 e. The molecule has 0 spiro atoms. The van der Waals surface area contributed by atoms with Gasteiger partial charge < -0.3 is 10.2 Å². The van der Waals surface area contributed by atoms with Gasteiger partial charge in [-0.25, -0.2) is 0 Å². The van der Waals surface area contributed by atoms with E-state index in [0.717, 1.165) is 38.5 Å². The van der Waals surface area contributed by atoms with Crippen molar-refractivity contribution in [2.24, 2.45) is 0 Å². The van der Waals surface area contributed by atoms with Crippen molar-refractivity contribution < 1.29 is 15.0 Å². The van der Waals surface area contributed by atoms with E-state index in [4.69, 9.17) is 5.11 Å². The topological polar surface area (TPSA) is 57.5 Å². The number of hydrogen-bond donors (Lipinski definition) is 2. The van der Waals surface area contributed by atoms with Crippen LogP contribution in [0.15, 0.2) is 48.6 Å². The van der Waals surface area contributed by atoms with Crippen LogP contribution in [0.5, 0.6) is 0 Å². The molecule has 0 rings (SSSR count). The summed E-state index contributed by atoms with van der Waals surface area (Å²) < 4.78 is 0. The lowest BCUT2D eigenvalue weighted by molar-refractivity contribution is -0.137. The van der Waals surface area contributed by atoms with Crippen LogP contribution in [0, 0.1) is 0 Å². The Balaban J connectivity index is 3.56. The van der Waals surface area contributed by atoms with Crippen molar-refractivity contribution >= 4 is 5.97 Å². The van der Waals surface area contributed by atoms with Crippen LogP contribution in [0.3, 0.4) is 0 Å². The Morgan fingerprint density at radius 1 is 0.880 bits per heavy atom. The summed E-state index contributed by atoms with van der Waals surface area (Å²) in [5.41, 5.74) is 0. The van der Waals surface area contributed by atoms with E-state index in [1.54, 1.807) is 0 Å². The van der Waals surface area contributed by atoms with Crippen LogP contribution in [0.25, 0.3) is 0 Å². The summed E-state index contributed by atoms with van der Waals surface area (Å²) >= 11 is 0. The number of allylic oxidation sites excluding steroid dienone is 6. The molecule has 0 amide bonds. The quantitative estimate of drug-likeness (QED) is 0.205. The number of aliphatic hydroxyl groups excluding tert-OH is 1. The van der Waals surface area contributed by atoms with E-state index in [-0.39, 0.29) is 6.42 Å². The van der Waals surface area contributed by atoms with Gasteiger partial charge in [0.1, 0.15) is 0 Å². The third-order valence-corrected chi connectivity index (χ3v) is 3.80. The van der Waals surface area contributed by atoms with Crippen molar-refractivity contribution in [3.8, 4) is 0 Å². The van der Waals surface area contributed by atoms with Crippen LogP contribution in [0.2, 0.25) is 0 Å². The normalized spacial score (nSPS) is 13.7. The van der Waals surface area contributed by atoms with Gasteiger partial charge in [-0.15, -0.1) is 0 Å². The highest BCUT2D eigenvalue weighted by atomic mass is 16.4. The second-order valence-electron chi connectivity index (χ2n) is 6.28. The number of hydrogen-bond acceptors (Lipinski definition) is 2. The molecular weight excluding hydrogens is 312 g/mol. The number of aliphatic hydroxyl groups is 1. The minimum Gasteiger partial charge on any atom is -0.481 e. The number of unbranched alkanes of at least 4 members (excludes halogenated alkanes) is 6. The highest BCUT2D eigenvalue weighted by Gasteiger charge is 1.95. The molecule has 0 aromatic carbocycles. The van der Waals surface area contributed by atoms with Crippen LogP contribution < -0.4 is 0 Å². The Bertz CT molecular complexity index is 419. The lowest BCUT2D eigenvalue weighted by Gasteiger charge is -1.99. The van der Waals surface area contributed by atoms with Gasteiger partial charge in [0.2, 0.25) is 0 Å². The molecule has 0 bridgehead atoms. The maximum absolute atomic E-state index is 10.4. The first-order valence-electron chi connectivity index (χ1n) is 9.70. The summed E-state index contributed by atoms with van der Waals surface area (Å²) in [5, 5.41) is 18.3. The molecule has 0 aliphatic carbocycles. The summed E-state index contributed by atoms with van der Waals surface area (Å²) in [6.45, 7) is 2.20. The first kappa shape index (κ1) is 23.4. The molecule has 25 heavy (non-hydrogen) atoms. The second kappa shape index (κ2) is 18.7. The summed E-state index contributed by atoms with van der Waals surface area (Å²) in [6.07, 6.45) is 26.3. The molecule has 3 heteroatoms. The summed E-state index contributed by atoms with van der Waals surface area (Å²) in [4.78, 5) is 10.4. The van der Waals surface area contributed by atoms with Crippen molar-refractivity contribution in [3.05, 3.63) is 48.6 Å². The van der Waals surface area contributed by atoms with Gasteiger partial charge in [0.05, 0.1) is 6.10 Å². The highest BCUT2D eigenvalue weighted by Crippen LogP contribution is 2.04. The number of carboxylic acids is 1. The third kappa shape index (κ3) is 20.3. The van der Waals surface area contributed by atoms with E-state index in [9.17, 15) is 9.90 Å². The van der Waals surface area contributed by atoms with Crippen molar-refractivity contribution in [1.82, 2.24) is 0 Å². The number of rotatable bonds is 16. The highest BCUT2D eigenvalue weighted by molar-refractivity contribution is 5.66. The molecule has 3 nitrogen and oxygen atoms in total. The first-order chi connectivity index (χ1) is 12.2. The lowest BCUT2D eigenvalue weighted by Crippen LogP contribution is -1.98. The minimum atomic E-state index is -0.708. The van der Waals surface area contributed by atoms with Gasteiger partial charge in [0.25, 0.3) is 0 Å². The maximum atomic E-state index is 10.4. The zero-order valence-corrected chi connectivity index (χ0v) is 15.8. The number of aliphatic carboxylic acids is 1. The summed E-state index contributed by atoms with van der Waals surface area (Å²) in [6, 6.07) is 0. The Kier molecular flexibility index (Phi) is 17.5. The molecule has 2 N–H and O–H groups in total. The predicted molar refractivity (Wildman–Crippen MR) is 107 cm³/mol. The predicted octanol–water partition coefficient (Wildman–Crippen LogP) is 5.97. The molecule has 0 unspecified atom stereocenters. The van der Waals surface area contributed by atoms with Crippen LogP contribution in [0.4, 0.5) is 0 Å². The van der Waals surface area contributed by atoms with Crippen molar-refractivity contribution in [2.45, 2.75) is 83.7 Å². The SMILES string of the molecule is CCCCC/C=C\C=C\[C@H](O)C/C=C\C/C=C\CCCCCC(=O)O. The lowest BCUT2D eigenvalue weighted by atomic mass is 10.1. The van der Waals surface area contributed by atoms with E-state index in [1.165, 1.54) is 19.3 Å². The van der Waals surface area contributed by atoms with Gasteiger partial charge in [-0.2, -0.15) is 0 Å². The minimum absolute atomic E-state index is 0.276. The number of carbonyl (C=O) groups is 1. The Morgan fingerprint density at radius 3 is 2.36 bits per heavy atom. The van der Waals surface area contributed by atoms with Gasteiger partial charge in [0, 0.05) is 6.42 Å². The molecule has 0 aromatic heterocycles. The van der Waals surface area contributed by atoms with Gasteiger partial charge in [0.15, 0.2) is 0 Å². The van der Waals surface area contributed by atoms with Crippen LogP contribution in [-0.4, -0.2) is 22.3 Å². The van der Waals surface area contributed by atoms with E-state index in [2.05, 4.69) is 31.2 Å². The molecule has 0 aliphatic rings. The Morgan fingerprint density at radius 2 is 1.60 bits per heavy atom.